The van der Waals surface area contributed by atoms with E-state index in [4.69, 9.17) is 28.0 Å². The Morgan fingerprint density at radius 2 is 1.64 bits per heavy atom. The summed E-state index contributed by atoms with van der Waals surface area (Å²) >= 11 is 1.23. The van der Waals surface area contributed by atoms with Gasteiger partial charge in [0.1, 0.15) is 23.7 Å². The number of benzene rings is 1. The van der Waals surface area contributed by atoms with Gasteiger partial charge >= 0.3 is 7.60 Å². The van der Waals surface area contributed by atoms with E-state index in [0.717, 1.165) is 0 Å². The molecule has 2 aromatic rings. The molecule has 3 heterocycles. The predicted octanol–water partition coefficient (Wildman–Crippen LogP) is 3.72. The summed E-state index contributed by atoms with van der Waals surface area (Å²) < 4.78 is 45.4. The Labute approximate surface area is 196 Å². The van der Waals surface area contributed by atoms with E-state index in [1.54, 1.807) is 37.4 Å². The van der Waals surface area contributed by atoms with Crippen LogP contribution in [0.4, 0.5) is 5.13 Å². The number of nitrogens with one attached hydrogen (secondary N) is 1. The lowest BCUT2D eigenvalue weighted by molar-refractivity contribution is -0.0825. The van der Waals surface area contributed by atoms with Gasteiger partial charge in [0.15, 0.2) is 5.13 Å². The average molecular weight is 498 g/mol. The highest BCUT2D eigenvalue weighted by Gasteiger charge is 2.26. The van der Waals surface area contributed by atoms with Crippen molar-refractivity contribution in [1.29, 1.82) is 0 Å². The van der Waals surface area contributed by atoms with E-state index in [9.17, 15) is 9.36 Å². The predicted molar refractivity (Wildman–Crippen MR) is 122 cm³/mol. The van der Waals surface area contributed by atoms with E-state index in [0.29, 0.717) is 54.3 Å². The molecular formula is C21H27N2O8PS. The highest BCUT2D eigenvalue weighted by molar-refractivity contribution is 7.53. The van der Waals surface area contributed by atoms with E-state index >= 15 is 0 Å². The Morgan fingerprint density at radius 1 is 1.06 bits per heavy atom. The second-order valence-corrected chi connectivity index (χ2v) is 10.4. The minimum atomic E-state index is -3.28. The molecule has 0 saturated carbocycles. The van der Waals surface area contributed by atoms with Crippen LogP contribution in [0.15, 0.2) is 23.6 Å². The molecule has 12 heteroatoms. The van der Waals surface area contributed by atoms with Gasteiger partial charge in [0.05, 0.1) is 51.5 Å². The molecule has 2 fully saturated rings. The smallest absolute Gasteiger partial charge is 0.336 e. The van der Waals surface area contributed by atoms with Crippen LogP contribution in [0.2, 0.25) is 0 Å². The van der Waals surface area contributed by atoms with Gasteiger partial charge in [-0.25, -0.2) is 4.98 Å². The lowest BCUT2D eigenvalue weighted by Crippen LogP contribution is -2.39. The monoisotopic (exact) mass is 498 g/mol. The fraction of sp³-hybridized carbons (Fsp3) is 0.524. The highest BCUT2D eigenvalue weighted by Crippen LogP contribution is 2.51. The summed E-state index contributed by atoms with van der Waals surface area (Å²) in [5.41, 5.74) is 0.894. The molecule has 2 saturated heterocycles. The lowest BCUT2D eigenvalue weighted by Gasteiger charge is -2.29. The van der Waals surface area contributed by atoms with E-state index in [-0.39, 0.29) is 37.5 Å². The largest absolute Gasteiger partial charge is 0.485 e. The number of ether oxygens (including phenoxy) is 4. The van der Waals surface area contributed by atoms with Crippen LogP contribution in [0.25, 0.3) is 0 Å². The first-order valence-corrected chi connectivity index (χ1v) is 13.3. The van der Waals surface area contributed by atoms with Crippen molar-refractivity contribution in [1.82, 2.24) is 4.98 Å². The zero-order valence-electron chi connectivity index (χ0n) is 18.5. The first kappa shape index (κ1) is 24.1. The number of thiazole rings is 1. The molecule has 33 heavy (non-hydrogen) atoms. The molecule has 1 aromatic heterocycles. The fourth-order valence-corrected chi connectivity index (χ4v) is 5.55. The SMILES string of the molecule is CCOP(=O)(Cc1csc(NC(=O)c2cc(OC3COC3)cc(OC3COC3)c2)n1)OCC. The summed E-state index contributed by atoms with van der Waals surface area (Å²) in [6.07, 6.45) is -0.0536. The number of amides is 1. The minimum Gasteiger partial charge on any atom is -0.485 e. The third kappa shape index (κ3) is 6.53. The molecular weight excluding hydrogens is 471 g/mol. The minimum absolute atomic E-state index is 0.0370. The lowest BCUT2D eigenvalue weighted by atomic mass is 10.1. The van der Waals surface area contributed by atoms with Crippen LogP contribution in [0.5, 0.6) is 11.5 Å². The summed E-state index contributed by atoms with van der Waals surface area (Å²) in [5.74, 6) is 0.694. The van der Waals surface area contributed by atoms with Crippen LogP contribution in [0, 0.1) is 0 Å². The molecule has 10 nitrogen and oxygen atoms in total. The van der Waals surface area contributed by atoms with Gasteiger partial charge < -0.3 is 28.0 Å². The second kappa shape index (κ2) is 10.9. The van der Waals surface area contributed by atoms with Gasteiger partial charge in [-0.05, 0) is 26.0 Å². The molecule has 2 aliphatic rings. The number of rotatable bonds is 12. The average Bonchev–Trinajstić information content (AvgIpc) is 3.14. The summed E-state index contributed by atoms with van der Waals surface area (Å²) in [5, 5.41) is 4.88. The third-order valence-corrected chi connectivity index (χ3v) is 7.56. The highest BCUT2D eigenvalue weighted by atomic mass is 32.1. The van der Waals surface area contributed by atoms with Crippen LogP contribution in [0.1, 0.15) is 29.9 Å². The van der Waals surface area contributed by atoms with Crippen molar-refractivity contribution >= 4 is 30.0 Å². The summed E-state index contributed by atoms with van der Waals surface area (Å²) in [7, 11) is -3.28. The Morgan fingerprint density at radius 3 is 2.12 bits per heavy atom. The van der Waals surface area contributed by atoms with Crippen LogP contribution < -0.4 is 14.8 Å². The summed E-state index contributed by atoms with van der Waals surface area (Å²) in [6.45, 7) is 6.10. The molecule has 1 N–H and O–H groups in total. The van der Waals surface area contributed by atoms with E-state index in [2.05, 4.69) is 10.3 Å². The van der Waals surface area contributed by atoms with Gasteiger partial charge in [-0.1, -0.05) is 0 Å². The topological polar surface area (TPSA) is 114 Å². The maximum absolute atomic E-state index is 12.9. The number of carbonyl (C=O) groups is 1. The van der Waals surface area contributed by atoms with Crippen molar-refractivity contribution in [3.8, 4) is 11.5 Å². The quantitative estimate of drug-likeness (QED) is 0.437. The molecule has 4 rings (SSSR count). The van der Waals surface area contributed by atoms with Crippen molar-refractivity contribution in [2.45, 2.75) is 32.2 Å². The van der Waals surface area contributed by atoms with Gasteiger partial charge in [-0.2, -0.15) is 0 Å². The zero-order valence-corrected chi connectivity index (χ0v) is 20.2. The molecule has 0 radical (unpaired) electrons. The van der Waals surface area contributed by atoms with Gasteiger partial charge in [-0.3, -0.25) is 14.7 Å². The van der Waals surface area contributed by atoms with E-state index in [1.807, 2.05) is 0 Å². The molecule has 0 spiro atoms. The first-order valence-electron chi connectivity index (χ1n) is 10.7. The maximum atomic E-state index is 12.9. The van der Waals surface area contributed by atoms with Crippen molar-refractivity contribution < 1.29 is 37.4 Å². The molecule has 0 atom stereocenters. The molecule has 2 aliphatic heterocycles. The van der Waals surface area contributed by atoms with Crippen molar-refractivity contribution in [3.05, 3.63) is 34.8 Å². The number of hydrogen-bond donors (Lipinski definition) is 1. The van der Waals surface area contributed by atoms with Gasteiger partial charge in [0.2, 0.25) is 0 Å². The summed E-state index contributed by atoms with van der Waals surface area (Å²) in [6, 6.07) is 5.07. The number of hydrogen-bond acceptors (Lipinski definition) is 10. The Balaban J connectivity index is 1.45. The van der Waals surface area contributed by atoms with Crippen molar-refractivity contribution in [2.24, 2.45) is 0 Å². The van der Waals surface area contributed by atoms with Gasteiger partial charge in [-0.15, -0.1) is 11.3 Å². The molecule has 1 aromatic carbocycles. The van der Waals surface area contributed by atoms with Crippen LogP contribution in [-0.2, 0) is 29.2 Å². The van der Waals surface area contributed by atoms with Gasteiger partial charge in [0.25, 0.3) is 5.91 Å². The normalized spacial score (nSPS) is 16.7. The maximum Gasteiger partial charge on any atom is 0.336 e. The standard InChI is InChI=1S/C21H27N2O8PS/c1-3-28-32(25,29-4-2)12-15-13-33-21(22-15)23-20(24)14-5-16(30-18-8-26-9-18)7-17(6-14)31-19-10-27-11-19/h5-7,13,18-19H,3-4,8-12H2,1-2H3,(H,22,23,24). The Bertz CT molecular complexity index is 964. The number of carbonyl (C=O) groups excluding carboxylic acids is 1. The van der Waals surface area contributed by atoms with Crippen LogP contribution >= 0.6 is 18.9 Å². The molecule has 0 unspecified atom stereocenters. The number of aromatic nitrogens is 1. The second-order valence-electron chi connectivity index (χ2n) is 7.45. The van der Waals surface area contributed by atoms with E-state index < -0.39 is 7.60 Å². The fourth-order valence-electron chi connectivity index (χ4n) is 3.11. The van der Waals surface area contributed by atoms with Crippen molar-refractivity contribution in [2.75, 3.05) is 45.0 Å². The third-order valence-electron chi connectivity index (χ3n) is 4.74. The molecule has 0 aliphatic carbocycles. The zero-order chi connectivity index (χ0) is 23.3. The summed E-state index contributed by atoms with van der Waals surface area (Å²) in [4.78, 5) is 17.3. The Hall–Kier alpha value is -2.01. The van der Waals surface area contributed by atoms with Crippen LogP contribution in [0.3, 0.4) is 0 Å². The van der Waals surface area contributed by atoms with Crippen molar-refractivity contribution in [3.63, 3.8) is 0 Å². The Kier molecular flexibility index (Phi) is 8.00. The van der Waals surface area contributed by atoms with Gasteiger partial charge in [0, 0.05) is 17.0 Å². The van der Waals surface area contributed by atoms with E-state index in [1.165, 1.54) is 11.3 Å². The number of nitrogens with zero attached hydrogens (tertiary/aromatic N) is 1. The molecule has 1 amide bonds. The first-order chi connectivity index (χ1) is 16.0. The van der Waals surface area contributed by atoms with Crippen LogP contribution in [-0.4, -0.2) is 62.7 Å². The number of anilines is 1. The molecule has 0 bridgehead atoms. The molecule has 180 valence electrons.